The molecule has 0 bridgehead atoms. The van der Waals surface area contributed by atoms with Gasteiger partial charge in [-0.2, -0.15) is 0 Å². The quantitative estimate of drug-likeness (QED) is 0.792. The lowest BCUT2D eigenvalue weighted by atomic mass is 10.1. The summed E-state index contributed by atoms with van der Waals surface area (Å²) < 4.78 is 13.6. The molecule has 1 aromatic rings. The molecule has 0 unspecified atom stereocenters. The molecule has 0 saturated carbocycles. The van der Waals surface area contributed by atoms with E-state index in [9.17, 15) is 4.39 Å². The van der Waals surface area contributed by atoms with E-state index in [4.69, 9.17) is 0 Å². The second kappa shape index (κ2) is 4.59. The third-order valence-electron chi connectivity index (χ3n) is 2.52. The third-order valence-corrected chi connectivity index (χ3v) is 3.42. The summed E-state index contributed by atoms with van der Waals surface area (Å²) in [6.45, 7) is 1.68. The predicted molar refractivity (Wildman–Crippen MR) is 71.3 cm³/mol. The largest absolute Gasteiger partial charge is 0.318 e. The first-order valence-electron chi connectivity index (χ1n) is 4.80. The third kappa shape index (κ3) is 1.78. The molecule has 0 spiro atoms. The minimum Gasteiger partial charge on any atom is -0.318 e. The van der Waals surface area contributed by atoms with Crippen molar-refractivity contribution in [1.82, 2.24) is 4.90 Å². The average Bonchev–Trinajstić information content (AvgIpc) is 2.80. The SMILES string of the molecule is Br.Fc1ccccc1C1=CSC2=NCCN12. The van der Waals surface area contributed by atoms with E-state index in [-0.39, 0.29) is 22.8 Å². The maximum Gasteiger partial charge on any atom is 0.168 e. The summed E-state index contributed by atoms with van der Waals surface area (Å²) in [6, 6.07) is 6.87. The molecule has 84 valence electrons. The van der Waals surface area contributed by atoms with Crippen LogP contribution in [-0.4, -0.2) is 23.2 Å². The number of nitrogens with zero attached hydrogens (tertiary/aromatic N) is 2. The molecule has 0 aromatic heterocycles. The molecule has 0 atom stereocenters. The van der Waals surface area contributed by atoms with Crippen molar-refractivity contribution in [2.24, 2.45) is 4.99 Å². The van der Waals surface area contributed by atoms with Gasteiger partial charge in [0.15, 0.2) is 5.17 Å². The molecule has 0 N–H and O–H groups in total. The van der Waals surface area contributed by atoms with Gasteiger partial charge in [-0.25, -0.2) is 4.39 Å². The van der Waals surface area contributed by atoms with Crippen LogP contribution < -0.4 is 0 Å². The fourth-order valence-corrected chi connectivity index (χ4v) is 2.75. The van der Waals surface area contributed by atoms with Gasteiger partial charge in [-0.15, -0.1) is 17.0 Å². The summed E-state index contributed by atoms with van der Waals surface area (Å²) in [5.74, 6) is -0.169. The second-order valence-corrected chi connectivity index (χ2v) is 4.25. The summed E-state index contributed by atoms with van der Waals surface area (Å²) in [6.07, 6.45) is 0. The number of fused-ring (bicyclic) bond motifs is 1. The van der Waals surface area contributed by atoms with Crippen molar-refractivity contribution in [3.8, 4) is 0 Å². The number of hydrogen-bond acceptors (Lipinski definition) is 3. The first kappa shape index (κ1) is 11.7. The number of aliphatic imine (C=N–C) groups is 1. The molecule has 2 aliphatic rings. The lowest BCUT2D eigenvalue weighted by molar-refractivity contribution is 0.604. The van der Waals surface area contributed by atoms with Gasteiger partial charge in [-0.3, -0.25) is 4.99 Å². The van der Waals surface area contributed by atoms with Crippen molar-refractivity contribution in [3.63, 3.8) is 0 Å². The molecule has 5 heteroatoms. The minimum absolute atomic E-state index is 0. The van der Waals surface area contributed by atoms with E-state index < -0.39 is 0 Å². The maximum atomic E-state index is 13.6. The van der Waals surface area contributed by atoms with Crippen LogP contribution in [0.15, 0.2) is 34.7 Å². The number of benzene rings is 1. The van der Waals surface area contributed by atoms with Gasteiger partial charge in [-0.05, 0) is 12.1 Å². The molecule has 2 nitrogen and oxygen atoms in total. The lowest BCUT2D eigenvalue weighted by Crippen LogP contribution is -2.20. The average molecular weight is 301 g/mol. The number of hydrogen-bond donors (Lipinski definition) is 0. The zero-order chi connectivity index (χ0) is 10.3. The van der Waals surface area contributed by atoms with E-state index in [0.29, 0.717) is 5.56 Å². The van der Waals surface area contributed by atoms with Crippen molar-refractivity contribution < 1.29 is 4.39 Å². The van der Waals surface area contributed by atoms with E-state index in [1.807, 2.05) is 17.5 Å². The van der Waals surface area contributed by atoms with Crippen molar-refractivity contribution in [2.45, 2.75) is 0 Å². The van der Waals surface area contributed by atoms with Gasteiger partial charge in [0.2, 0.25) is 0 Å². The van der Waals surface area contributed by atoms with Gasteiger partial charge in [0.05, 0.1) is 12.2 Å². The molecule has 0 amide bonds. The fourth-order valence-electron chi connectivity index (χ4n) is 1.80. The van der Waals surface area contributed by atoms with Gasteiger partial charge in [-0.1, -0.05) is 23.9 Å². The van der Waals surface area contributed by atoms with Gasteiger partial charge < -0.3 is 4.90 Å². The van der Waals surface area contributed by atoms with Gasteiger partial charge in [0, 0.05) is 17.5 Å². The Kier molecular flexibility index (Phi) is 3.35. The van der Waals surface area contributed by atoms with E-state index >= 15 is 0 Å². The summed E-state index contributed by atoms with van der Waals surface area (Å²) in [5, 5.41) is 2.96. The highest BCUT2D eigenvalue weighted by molar-refractivity contribution is 8.93. The second-order valence-electron chi connectivity index (χ2n) is 3.42. The Morgan fingerprint density at radius 1 is 1.31 bits per heavy atom. The van der Waals surface area contributed by atoms with Gasteiger partial charge in [0.1, 0.15) is 5.82 Å². The molecule has 3 rings (SSSR count). The molecule has 0 aliphatic carbocycles. The molecule has 16 heavy (non-hydrogen) atoms. The smallest absolute Gasteiger partial charge is 0.168 e. The van der Waals surface area contributed by atoms with Gasteiger partial charge >= 0.3 is 0 Å². The fraction of sp³-hybridized carbons (Fsp3) is 0.182. The molecule has 2 aliphatic heterocycles. The molecular formula is C11H10BrFN2S. The van der Waals surface area contributed by atoms with Crippen LogP contribution >= 0.6 is 28.7 Å². The number of thioether (sulfide) groups is 1. The van der Waals surface area contributed by atoms with Crippen LogP contribution in [0.1, 0.15) is 5.56 Å². The van der Waals surface area contributed by atoms with Crippen LogP contribution in [0.3, 0.4) is 0 Å². The minimum atomic E-state index is -0.169. The van der Waals surface area contributed by atoms with Gasteiger partial charge in [0.25, 0.3) is 0 Å². The lowest BCUT2D eigenvalue weighted by Gasteiger charge is -2.16. The molecule has 2 heterocycles. The highest BCUT2D eigenvalue weighted by atomic mass is 79.9. The topological polar surface area (TPSA) is 15.6 Å². The Bertz CT molecular complexity index is 473. The highest BCUT2D eigenvalue weighted by Gasteiger charge is 2.28. The normalized spacial score (nSPS) is 17.7. The van der Waals surface area contributed by atoms with E-state index in [1.165, 1.54) is 6.07 Å². The first-order valence-corrected chi connectivity index (χ1v) is 5.68. The Morgan fingerprint density at radius 3 is 2.94 bits per heavy atom. The van der Waals surface area contributed by atoms with Crippen LogP contribution in [0.2, 0.25) is 0 Å². The Hall–Kier alpha value is -0.810. The van der Waals surface area contributed by atoms with E-state index in [0.717, 1.165) is 24.0 Å². The molecule has 0 radical (unpaired) electrons. The number of halogens is 2. The highest BCUT2D eigenvalue weighted by Crippen LogP contribution is 2.35. The summed E-state index contributed by atoms with van der Waals surface area (Å²) in [4.78, 5) is 6.41. The van der Waals surface area contributed by atoms with Crippen LogP contribution in [0.25, 0.3) is 5.70 Å². The zero-order valence-corrected chi connectivity index (χ0v) is 10.9. The monoisotopic (exact) mass is 300 g/mol. The Labute approximate surface area is 108 Å². The number of rotatable bonds is 1. The summed E-state index contributed by atoms with van der Waals surface area (Å²) in [7, 11) is 0. The Morgan fingerprint density at radius 2 is 2.12 bits per heavy atom. The van der Waals surface area contributed by atoms with Crippen molar-refractivity contribution in [2.75, 3.05) is 13.1 Å². The van der Waals surface area contributed by atoms with E-state index in [2.05, 4.69) is 9.89 Å². The zero-order valence-electron chi connectivity index (χ0n) is 8.39. The molecule has 1 aromatic carbocycles. The van der Waals surface area contributed by atoms with Crippen LogP contribution in [0.4, 0.5) is 4.39 Å². The van der Waals surface area contributed by atoms with Crippen LogP contribution in [0.5, 0.6) is 0 Å². The summed E-state index contributed by atoms with van der Waals surface area (Å²) >= 11 is 1.57. The van der Waals surface area contributed by atoms with Crippen LogP contribution in [0, 0.1) is 5.82 Å². The number of amidine groups is 1. The van der Waals surface area contributed by atoms with Crippen molar-refractivity contribution in [1.29, 1.82) is 0 Å². The van der Waals surface area contributed by atoms with Crippen molar-refractivity contribution in [3.05, 3.63) is 41.1 Å². The van der Waals surface area contributed by atoms with E-state index in [1.54, 1.807) is 17.8 Å². The molecular weight excluding hydrogens is 291 g/mol. The molecule has 0 saturated heterocycles. The standard InChI is InChI=1S/C11H9FN2S.BrH/c12-9-4-2-1-3-8(9)10-7-15-11-13-5-6-14(10)11;/h1-4,7H,5-6H2;1H. The molecule has 0 fully saturated rings. The van der Waals surface area contributed by atoms with Crippen LogP contribution in [-0.2, 0) is 0 Å². The summed E-state index contributed by atoms with van der Waals surface area (Å²) in [5.41, 5.74) is 1.60. The predicted octanol–water partition coefficient (Wildman–Crippen LogP) is 3.12. The van der Waals surface area contributed by atoms with Crippen molar-refractivity contribution >= 4 is 39.6 Å². The maximum absolute atomic E-state index is 13.6. The Balaban J connectivity index is 0.000000963. The first-order chi connectivity index (χ1) is 7.36.